The molecule has 0 aromatic carbocycles. The number of fused-ring (bicyclic) bond motifs is 4. The van der Waals surface area contributed by atoms with Gasteiger partial charge in [-0.1, -0.05) is 68.8 Å². The molecule has 0 amide bonds. The molecule has 0 aromatic rings. The first-order valence-electron chi connectivity index (χ1n) is 17.3. The normalized spacial score (nSPS) is 46.4. The maximum absolute atomic E-state index is 14.3. The summed E-state index contributed by atoms with van der Waals surface area (Å²) >= 11 is 0. The van der Waals surface area contributed by atoms with Crippen LogP contribution in [0.1, 0.15) is 80.6 Å². The highest BCUT2D eigenvalue weighted by Crippen LogP contribution is 2.59. The lowest BCUT2D eigenvalue weighted by atomic mass is 9.66. The molecule has 6 aliphatic rings. The number of aliphatic hydroxyl groups excluding tert-OH is 1. The fourth-order valence-corrected chi connectivity index (χ4v) is 8.67. The minimum absolute atomic E-state index is 0.0418. The van der Waals surface area contributed by atoms with Gasteiger partial charge < -0.3 is 38.7 Å². The number of ether oxygens (including phenoxy) is 5. The zero-order chi connectivity index (χ0) is 33.9. The molecule has 47 heavy (non-hydrogen) atoms. The SMILES string of the molecule is CON=C1C[C@]2(C[C@@H]3CC(CC=C(C)C[C@@H](C)C=CC=C4CO[C@@H]5[C@H](O)[C@]6(C)O[C@@H]6[C@@H](C(=O)O3)[C@]45O)O2)O[C@H](/C(C)=C/C(C)C)[C@H]1C. The maximum atomic E-state index is 14.3. The Labute approximate surface area is 278 Å². The third-order valence-corrected chi connectivity index (χ3v) is 11.0. The van der Waals surface area contributed by atoms with Crippen molar-refractivity contribution in [1.82, 2.24) is 0 Å². The van der Waals surface area contributed by atoms with Crippen molar-refractivity contribution in [2.45, 2.75) is 134 Å². The van der Waals surface area contributed by atoms with E-state index in [0.29, 0.717) is 30.8 Å². The quantitative estimate of drug-likeness (QED) is 0.188. The highest BCUT2D eigenvalue weighted by Gasteiger charge is 2.78. The summed E-state index contributed by atoms with van der Waals surface area (Å²) in [6.07, 6.45) is 8.84. The van der Waals surface area contributed by atoms with Gasteiger partial charge in [0.2, 0.25) is 0 Å². The number of carbonyl (C=O) groups is 1. The molecule has 10 nitrogen and oxygen atoms in total. The molecule has 260 valence electrons. The Balaban J connectivity index is 1.39. The van der Waals surface area contributed by atoms with Crippen LogP contribution in [0.25, 0.3) is 0 Å². The fourth-order valence-electron chi connectivity index (χ4n) is 8.67. The largest absolute Gasteiger partial charge is 0.462 e. The molecule has 0 aromatic heterocycles. The van der Waals surface area contributed by atoms with Crippen LogP contribution in [0.4, 0.5) is 0 Å². The van der Waals surface area contributed by atoms with E-state index in [4.69, 9.17) is 28.5 Å². The molecule has 12 atom stereocenters. The molecule has 4 saturated heterocycles. The van der Waals surface area contributed by atoms with Crippen molar-refractivity contribution in [2.24, 2.45) is 28.8 Å². The second kappa shape index (κ2) is 12.8. The number of carbonyl (C=O) groups excluding carboxylic acids is 1. The highest BCUT2D eigenvalue weighted by atomic mass is 16.7. The zero-order valence-electron chi connectivity index (χ0n) is 29.1. The number of aliphatic hydroxyl groups is 2. The van der Waals surface area contributed by atoms with Crippen molar-refractivity contribution in [2.75, 3.05) is 13.7 Å². The number of epoxide rings is 1. The Hall–Kier alpha value is -2.34. The van der Waals surface area contributed by atoms with Gasteiger partial charge in [-0.25, -0.2) is 0 Å². The second-order valence-electron chi connectivity index (χ2n) is 15.3. The first-order chi connectivity index (χ1) is 22.2. The molecular weight excluding hydrogens is 602 g/mol. The van der Waals surface area contributed by atoms with Crippen molar-refractivity contribution < 1.29 is 43.5 Å². The Morgan fingerprint density at radius 1 is 1.17 bits per heavy atom. The molecule has 2 N–H and O–H groups in total. The van der Waals surface area contributed by atoms with Gasteiger partial charge in [0.05, 0.1) is 24.5 Å². The van der Waals surface area contributed by atoms with Crippen LogP contribution >= 0.6 is 0 Å². The van der Waals surface area contributed by atoms with Crippen LogP contribution in [0.5, 0.6) is 0 Å². The van der Waals surface area contributed by atoms with Gasteiger partial charge in [-0.05, 0) is 56.6 Å². The summed E-state index contributed by atoms with van der Waals surface area (Å²) in [6, 6.07) is 0. The third-order valence-electron chi connectivity index (χ3n) is 11.0. The summed E-state index contributed by atoms with van der Waals surface area (Å²) in [4.78, 5) is 19.6. The second-order valence-corrected chi connectivity index (χ2v) is 15.3. The number of oxime groups is 1. The highest BCUT2D eigenvalue weighted by molar-refractivity contribution is 5.88. The van der Waals surface area contributed by atoms with Crippen molar-refractivity contribution in [1.29, 1.82) is 0 Å². The van der Waals surface area contributed by atoms with Gasteiger partial charge in [-0.15, -0.1) is 0 Å². The molecule has 0 radical (unpaired) electrons. The molecule has 1 saturated carbocycles. The zero-order valence-corrected chi connectivity index (χ0v) is 29.1. The van der Waals surface area contributed by atoms with Crippen LogP contribution in [0.2, 0.25) is 0 Å². The number of hydrogen-bond donors (Lipinski definition) is 2. The molecule has 1 unspecified atom stereocenters. The van der Waals surface area contributed by atoms with Crippen LogP contribution in [0.3, 0.4) is 0 Å². The van der Waals surface area contributed by atoms with Crippen molar-refractivity contribution in [3.63, 3.8) is 0 Å². The summed E-state index contributed by atoms with van der Waals surface area (Å²) < 4.78 is 32.2. The number of nitrogens with zero attached hydrogens (tertiary/aromatic N) is 1. The Morgan fingerprint density at radius 3 is 2.66 bits per heavy atom. The molecule has 5 fully saturated rings. The van der Waals surface area contributed by atoms with E-state index < -0.39 is 53.3 Å². The van der Waals surface area contributed by atoms with Gasteiger partial charge in [0.25, 0.3) is 0 Å². The molecular formula is C37H53NO9. The van der Waals surface area contributed by atoms with Gasteiger partial charge in [0.1, 0.15) is 48.6 Å². The molecule has 5 heterocycles. The Morgan fingerprint density at radius 2 is 1.94 bits per heavy atom. The van der Waals surface area contributed by atoms with Gasteiger partial charge in [0.15, 0.2) is 5.79 Å². The van der Waals surface area contributed by atoms with Crippen LogP contribution in [-0.2, 0) is 33.3 Å². The van der Waals surface area contributed by atoms with E-state index in [1.165, 1.54) is 5.57 Å². The van der Waals surface area contributed by atoms with Gasteiger partial charge in [0, 0.05) is 25.2 Å². The van der Waals surface area contributed by atoms with E-state index in [0.717, 1.165) is 17.7 Å². The average Bonchev–Trinajstić information content (AvgIpc) is 3.56. The smallest absolute Gasteiger partial charge is 0.315 e. The number of esters is 1. The lowest BCUT2D eigenvalue weighted by molar-refractivity contribution is -0.313. The first-order valence-corrected chi connectivity index (χ1v) is 17.3. The standard InChI is InChI=1S/C37H53NO9/c1-20(2)14-23(5)30-24(6)28(38-42-8)18-36(46-30)17-27-16-26(45-36)13-12-22(4)15-21(3)10-9-11-25-19-43-33-31(39)35(7)32(47-35)29(34(40)44-27)37(25,33)41/h9-12,14,20-21,24,26-27,29-33,39,41H,13,15-19H2,1-8H3/b10-9?,22-12?,23-14+,25-11?,38-28?/t21-,24-,26?,27-,29-,30+,31-,32+,33+,35-,36-,37+/m0/s1. The maximum Gasteiger partial charge on any atom is 0.315 e. The molecule has 1 spiro atoms. The van der Waals surface area contributed by atoms with E-state index in [2.05, 4.69) is 64.9 Å². The Bertz CT molecular complexity index is 1380. The van der Waals surface area contributed by atoms with E-state index >= 15 is 0 Å². The van der Waals surface area contributed by atoms with Crippen LogP contribution in [0.15, 0.2) is 52.3 Å². The average molecular weight is 656 g/mol. The van der Waals surface area contributed by atoms with E-state index in [9.17, 15) is 15.0 Å². The number of hydrogen-bond acceptors (Lipinski definition) is 10. The lowest BCUT2D eigenvalue weighted by Gasteiger charge is -2.50. The monoisotopic (exact) mass is 655 g/mol. The molecule has 2 bridgehead atoms. The van der Waals surface area contributed by atoms with Crippen molar-refractivity contribution in [3.05, 3.63) is 47.1 Å². The fraction of sp³-hybridized carbons (Fsp3) is 0.730. The summed E-state index contributed by atoms with van der Waals surface area (Å²) in [5, 5.41) is 28.0. The van der Waals surface area contributed by atoms with Crippen molar-refractivity contribution >= 4 is 11.7 Å². The number of allylic oxidation sites excluding steroid dienone is 5. The number of rotatable bonds is 3. The van der Waals surface area contributed by atoms with Crippen LogP contribution in [0, 0.1) is 23.7 Å². The minimum atomic E-state index is -1.78. The first kappa shape index (κ1) is 34.5. The predicted molar refractivity (Wildman–Crippen MR) is 175 cm³/mol. The van der Waals surface area contributed by atoms with Gasteiger partial charge in [-0.2, -0.15) is 0 Å². The Kier molecular flexibility index (Phi) is 9.43. The van der Waals surface area contributed by atoms with Gasteiger partial charge >= 0.3 is 5.97 Å². The summed E-state index contributed by atoms with van der Waals surface area (Å²) in [7, 11) is 1.55. The summed E-state index contributed by atoms with van der Waals surface area (Å²) in [5.41, 5.74) is 0.894. The molecule has 6 rings (SSSR count). The topological polar surface area (TPSA) is 129 Å². The van der Waals surface area contributed by atoms with Crippen LogP contribution < -0.4 is 0 Å². The molecule has 10 heteroatoms. The summed E-state index contributed by atoms with van der Waals surface area (Å²) in [6.45, 7) is 14.6. The summed E-state index contributed by atoms with van der Waals surface area (Å²) in [5.74, 6) is -2.24. The van der Waals surface area contributed by atoms with Crippen LogP contribution in [-0.4, -0.2) is 89.2 Å². The minimum Gasteiger partial charge on any atom is -0.462 e. The third kappa shape index (κ3) is 6.30. The predicted octanol–water partition coefficient (Wildman–Crippen LogP) is 4.94. The van der Waals surface area contributed by atoms with E-state index in [1.54, 1.807) is 14.0 Å². The van der Waals surface area contributed by atoms with E-state index in [1.807, 2.05) is 12.2 Å². The molecule has 5 aliphatic heterocycles. The van der Waals surface area contributed by atoms with Crippen molar-refractivity contribution in [3.8, 4) is 0 Å². The molecule has 1 aliphatic carbocycles. The van der Waals surface area contributed by atoms with E-state index in [-0.39, 0.29) is 37.1 Å². The lowest BCUT2D eigenvalue weighted by Crippen LogP contribution is -2.64. The van der Waals surface area contributed by atoms with Gasteiger partial charge in [-0.3, -0.25) is 4.79 Å².